The molecule has 1 N–H and O–H groups in total. The predicted molar refractivity (Wildman–Crippen MR) is 81.3 cm³/mol. The molecule has 1 aliphatic rings. The van der Waals surface area contributed by atoms with Gasteiger partial charge in [0.25, 0.3) is 0 Å². The van der Waals surface area contributed by atoms with Gasteiger partial charge in [0.1, 0.15) is 11.6 Å². The molecule has 1 aromatic heterocycles. The minimum Gasteiger partial charge on any atom is -0.359 e. The van der Waals surface area contributed by atoms with Crippen LogP contribution in [-0.4, -0.2) is 25.1 Å². The van der Waals surface area contributed by atoms with Crippen LogP contribution >= 0.6 is 0 Å². The van der Waals surface area contributed by atoms with Crippen LogP contribution in [0.1, 0.15) is 32.8 Å². The largest absolute Gasteiger partial charge is 0.359 e. The van der Waals surface area contributed by atoms with Crippen molar-refractivity contribution in [2.75, 3.05) is 25.0 Å². The molecule has 1 saturated carbocycles. The summed E-state index contributed by atoms with van der Waals surface area (Å²) >= 11 is 0. The highest BCUT2D eigenvalue weighted by molar-refractivity contribution is 5.46. The van der Waals surface area contributed by atoms with E-state index in [1.54, 1.807) is 6.07 Å². The smallest absolute Gasteiger partial charge is 0.141 e. The molecule has 0 spiro atoms. The summed E-state index contributed by atoms with van der Waals surface area (Å²) in [5.41, 5.74) is 0.946. The SMILES string of the molecule is CC(C)CNCc1cc(F)cnc1N(C)CC1CC1C. The molecule has 4 heteroatoms. The maximum absolute atomic E-state index is 13.4. The lowest BCUT2D eigenvalue weighted by Gasteiger charge is -2.21. The third-order valence-corrected chi connectivity index (χ3v) is 3.92. The molecule has 1 aliphatic carbocycles. The van der Waals surface area contributed by atoms with Gasteiger partial charge in [0, 0.05) is 25.7 Å². The molecule has 0 aromatic carbocycles. The summed E-state index contributed by atoms with van der Waals surface area (Å²) in [6.45, 7) is 9.22. The Kier molecular flexibility index (Phi) is 4.97. The molecule has 0 aliphatic heterocycles. The number of halogens is 1. The van der Waals surface area contributed by atoms with E-state index in [4.69, 9.17) is 0 Å². The summed E-state index contributed by atoms with van der Waals surface area (Å²) in [5, 5.41) is 3.37. The van der Waals surface area contributed by atoms with Crippen molar-refractivity contribution in [1.29, 1.82) is 0 Å². The van der Waals surface area contributed by atoms with Crippen molar-refractivity contribution in [3.63, 3.8) is 0 Å². The zero-order valence-corrected chi connectivity index (χ0v) is 13.0. The molecule has 2 rings (SSSR count). The van der Waals surface area contributed by atoms with Gasteiger partial charge in [0.15, 0.2) is 0 Å². The maximum Gasteiger partial charge on any atom is 0.141 e. The Morgan fingerprint density at radius 1 is 1.50 bits per heavy atom. The molecule has 0 radical (unpaired) electrons. The fourth-order valence-corrected chi connectivity index (χ4v) is 2.53. The summed E-state index contributed by atoms with van der Waals surface area (Å²) in [7, 11) is 2.05. The minimum absolute atomic E-state index is 0.261. The molecule has 1 fully saturated rings. The van der Waals surface area contributed by atoms with Gasteiger partial charge in [-0.3, -0.25) is 0 Å². The number of nitrogens with zero attached hydrogens (tertiary/aromatic N) is 2. The van der Waals surface area contributed by atoms with Gasteiger partial charge >= 0.3 is 0 Å². The van der Waals surface area contributed by atoms with Gasteiger partial charge in [0.2, 0.25) is 0 Å². The maximum atomic E-state index is 13.4. The predicted octanol–water partition coefficient (Wildman–Crippen LogP) is 3.06. The van der Waals surface area contributed by atoms with Crippen molar-refractivity contribution in [2.24, 2.45) is 17.8 Å². The Bertz CT molecular complexity index is 447. The molecule has 112 valence electrons. The van der Waals surface area contributed by atoms with Gasteiger partial charge in [0.05, 0.1) is 6.20 Å². The van der Waals surface area contributed by atoms with Gasteiger partial charge in [-0.15, -0.1) is 0 Å². The molecule has 1 aromatic rings. The highest BCUT2D eigenvalue weighted by atomic mass is 19.1. The van der Waals surface area contributed by atoms with Crippen LogP contribution in [0.3, 0.4) is 0 Å². The standard InChI is InChI=1S/C16H26FN3/c1-11(2)7-18-8-13-6-15(17)9-19-16(13)20(4)10-14-5-12(14)3/h6,9,11-12,14,18H,5,7-8,10H2,1-4H3. The van der Waals surface area contributed by atoms with E-state index in [-0.39, 0.29) is 5.82 Å². The molecular formula is C16H26FN3. The first-order valence-corrected chi connectivity index (χ1v) is 7.53. The lowest BCUT2D eigenvalue weighted by Crippen LogP contribution is -2.26. The Balaban J connectivity index is 2.02. The van der Waals surface area contributed by atoms with Crippen LogP contribution in [0, 0.1) is 23.6 Å². The molecule has 2 unspecified atom stereocenters. The number of anilines is 1. The molecule has 0 amide bonds. The Hall–Kier alpha value is -1.16. The quantitative estimate of drug-likeness (QED) is 0.831. The Morgan fingerprint density at radius 3 is 2.80 bits per heavy atom. The second-order valence-electron chi connectivity index (χ2n) is 6.51. The van der Waals surface area contributed by atoms with Crippen molar-refractivity contribution < 1.29 is 4.39 Å². The third-order valence-electron chi connectivity index (χ3n) is 3.92. The van der Waals surface area contributed by atoms with Crippen molar-refractivity contribution in [3.8, 4) is 0 Å². The second-order valence-corrected chi connectivity index (χ2v) is 6.51. The first-order valence-electron chi connectivity index (χ1n) is 7.53. The average molecular weight is 279 g/mol. The van der Waals surface area contributed by atoms with Crippen molar-refractivity contribution in [1.82, 2.24) is 10.3 Å². The molecule has 20 heavy (non-hydrogen) atoms. The monoisotopic (exact) mass is 279 g/mol. The third kappa shape index (κ3) is 4.17. The highest BCUT2D eigenvalue weighted by Gasteiger charge is 2.33. The first-order chi connectivity index (χ1) is 9.47. The Labute approximate surface area is 121 Å². The Morgan fingerprint density at radius 2 is 2.20 bits per heavy atom. The number of pyridine rings is 1. The molecule has 2 atom stereocenters. The van der Waals surface area contributed by atoms with Gasteiger partial charge in [-0.2, -0.15) is 0 Å². The summed E-state index contributed by atoms with van der Waals surface area (Å²) in [5.74, 6) is 2.82. The van der Waals surface area contributed by atoms with Crippen LogP contribution in [-0.2, 0) is 6.54 Å². The van der Waals surface area contributed by atoms with Crippen LogP contribution < -0.4 is 10.2 Å². The van der Waals surface area contributed by atoms with E-state index in [1.165, 1.54) is 12.6 Å². The van der Waals surface area contributed by atoms with Crippen molar-refractivity contribution >= 4 is 5.82 Å². The second kappa shape index (κ2) is 6.53. The van der Waals surface area contributed by atoms with E-state index in [9.17, 15) is 4.39 Å². The number of hydrogen-bond acceptors (Lipinski definition) is 3. The van der Waals surface area contributed by atoms with Gasteiger partial charge in [-0.25, -0.2) is 9.37 Å². The lowest BCUT2D eigenvalue weighted by molar-refractivity contribution is 0.548. The number of nitrogens with one attached hydrogen (secondary N) is 1. The number of rotatable bonds is 7. The van der Waals surface area contributed by atoms with E-state index in [1.807, 2.05) is 0 Å². The van der Waals surface area contributed by atoms with Crippen molar-refractivity contribution in [3.05, 3.63) is 23.6 Å². The van der Waals surface area contributed by atoms with Crippen LogP contribution in [0.2, 0.25) is 0 Å². The van der Waals surface area contributed by atoms with Crippen LogP contribution in [0.4, 0.5) is 10.2 Å². The molecule has 3 nitrogen and oxygen atoms in total. The molecule has 0 saturated heterocycles. The van der Waals surface area contributed by atoms with Crippen LogP contribution in [0.15, 0.2) is 12.3 Å². The van der Waals surface area contributed by atoms with Crippen LogP contribution in [0.25, 0.3) is 0 Å². The van der Waals surface area contributed by atoms with Gasteiger partial charge < -0.3 is 10.2 Å². The topological polar surface area (TPSA) is 28.2 Å². The highest BCUT2D eigenvalue weighted by Crippen LogP contribution is 2.38. The number of hydrogen-bond donors (Lipinski definition) is 1. The normalized spacial score (nSPS) is 21.3. The van der Waals surface area contributed by atoms with Crippen LogP contribution in [0.5, 0.6) is 0 Å². The zero-order valence-electron chi connectivity index (χ0n) is 13.0. The summed E-state index contributed by atoms with van der Waals surface area (Å²) < 4.78 is 13.4. The fraction of sp³-hybridized carbons (Fsp3) is 0.688. The summed E-state index contributed by atoms with van der Waals surface area (Å²) in [6, 6.07) is 1.60. The van der Waals surface area contributed by atoms with Crippen molar-refractivity contribution in [2.45, 2.75) is 33.7 Å². The van der Waals surface area contributed by atoms with E-state index < -0.39 is 0 Å². The summed E-state index contributed by atoms with van der Waals surface area (Å²) in [4.78, 5) is 6.46. The minimum atomic E-state index is -0.261. The fourth-order valence-electron chi connectivity index (χ4n) is 2.53. The van der Waals surface area contributed by atoms with Gasteiger partial charge in [-0.1, -0.05) is 20.8 Å². The van der Waals surface area contributed by atoms with E-state index in [0.29, 0.717) is 12.5 Å². The lowest BCUT2D eigenvalue weighted by atomic mass is 10.2. The summed E-state index contributed by atoms with van der Waals surface area (Å²) in [6.07, 6.45) is 2.61. The molecular weight excluding hydrogens is 253 g/mol. The van der Waals surface area contributed by atoms with E-state index in [0.717, 1.165) is 36.3 Å². The zero-order chi connectivity index (χ0) is 14.7. The van der Waals surface area contributed by atoms with E-state index >= 15 is 0 Å². The van der Waals surface area contributed by atoms with Gasteiger partial charge in [-0.05, 0) is 36.8 Å². The average Bonchev–Trinajstić information content (AvgIpc) is 3.04. The molecule has 1 heterocycles. The first kappa shape index (κ1) is 15.2. The number of aromatic nitrogens is 1. The van der Waals surface area contributed by atoms with E-state index in [2.05, 4.69) is 43.0 Å². The molecule has 0 bridgehead atoms.